The van der Waals surface area contributed by atoms with E-state index in [2.05, 4.69) is 17.1 Å². The zero-order valence-corrected chi connectivity index (χ0v) is 13.3. The summed E-state index contributed by atoms with van der Waals surface area (Å²) in [6, 6.07) is 5.66. The van der Waals surface area contributed by atoms with Crippen LogP contribution < -0.4 is 11.1 Å². The predicted molar refractivity (Wildman–Crippen MR) is 88.6 cm³/mol. The average molecular weight is 310 g/mol. The van der Waals surface area contributed by atoms with Crippen LogP contribution in [0, 0.1) is 0 Å². The van der Waals surface area contributed by atoms with Gasteiger partial charge in [-0.3, -0.25) is 9.69 Å². The van der Waals surface area contributed by atoms with E-state index in [0.717, 1.165) is 6.54 Å². The van der Waals surface area contributed by atoms with E-state index in [1.807, 2.05) is 0 Å². The van der Waals surface area contributed by atoms with E-state index in [4.69, 9.17) is 17.3 Å². The molecule has 0 bridgehead atoms. The van der Waals surface area contributed by atoms with E-state index >= 15 is 0 Å². The summed E-state index contributed by atoms with van der Waals surface area (Å²) in [5, 5.41) is 3.45. The number of rotatable bonds is 5. The molecule has 3 N–H and O–H groups in total. The monoisotopic (exact) mass is 309 g/mol. The Bertz CT molecular complexity index is 486. The third-order valence-electron chi connectivity index (χ3n) is 4.13. The minimum atomic E-state index is -0.0172. The number of halogens is 1. The fourth-order valence-corrected chi connectivity index (χ4v) is 3.15. The lowest BCUT2D eigenvalue weighted by atomic mass is 9.94. The van der Waals surface area contributed by atoms with Crippen LogP contribution in [0.1, 0.15) is 39.0 Å². The molecule has 0 atom stereocenters. The maximum atomic E-state index is 12.2. The molecule has 1 aliphatic carbocycles. The van der Waals surface area contributed by atoms with Gasteiger partial charge in [0.05, 0.1) is 17.9 Å². The average Bonchev–Trinajstić information content (AvgIpc) is 2.48. The van der Waals surface area contributed by atoms with Crippen molar-refractivity contribution in [1.82, 2.24) is 4.90 Å². The molecule has 1 saturated carbocycles. The number of hydrogen-bond donors (Lipinski definition) is 2. The summed E-state index contributed by atoms with van der Waals surface area (Å²) in [6.45, 7) is 3.43. The molecule has 5 heteroatoms. The highest BCUT2D eigenvalue weighted by atomic mass is 35.5. The van der Waals surface area contributed by atoms with Gasteiger partial charge < -0.3 is 11.1 Å². The van der Waals surface area contributed by atoms with Gasteiger partial charge >= 0.3 is 0 Å². The van der Waals surface area contributed by atoms with Crippen molar-refractivity contribution in [2.24, 2.45) is 0 Å². The number of nitrogens with two attached hydrogens (primary N) is 1. The number of carbonyl (C=O) groups is 1. The fourth-order valence-electron chi connectivity index (χ4n) is 2.97. The molecular formula is C16H24ClN3O. The zero-order valence-electron chi connectivity index (χ0n) is 12.6. The zero-order chi connectivity index (χ0) is 15.2. The van der Waals surface area contributed by atoms with Crippen LogP contribution in [0.4, 0.5) is 11.4 Å². The minimum Gasteiger partial charge on any atom is -0.397 e. The van der Waals surface area contributed by atoms with Gasteiger partial charge in [0, 0.05) is 11.1 Å². The van der Waals surface area contributed by atoms with Crippen molar-refractivity contribution in [1.29, 1.82) is 0 Å². The first-order chi connectivity index (χ1) is 10.1. The molecule has 1 aromatic carbocycles. The Morgan fingerprint density at radius 2 is 2.10 bits per heavy atom. The lowest BCUT2D eigenvalue weighted by molar-refractivity contribution is -0.118. The van der Waals surface area contributed by atoms with Crippen LogP contribution in [0.25, 0.3) is 0 Å². The largest absolute Gasteiger partial charge is 0.397 e. The summed E-state index contributed by atoms with van der Waals surface area (Å²) in [5.41, 5.74) is 6.99. The molecule has 4 nitrogen and oxygen atoms in total. The highest BCUT2D eigenvalue weighted by Gasteiger charge is 2.21. The fraction of sp³-hybridized carbons (Fsp3) is 0.562. The lowest BCUT2D eigenvalue weighted by Crippen LogP contribution is -2.41. The molecule has 0 heterocycles. The molecule has 2 rings (SSSR count). The van der Waals surface area contributed by atoms with Crippen LogP contribution in [-0.4, -0.2) is 29.9 Å². The molecule has 1 aliphatic rings. The third-order valence-corrected chi connectivity index (χ3v) is 4.37. The maximum absolute atomic E-state index is 12.2. The topological polar surface area (TPSA) is 58.4 Å². The van der Waals surface area contributed by atoms with Crippen LogP contribution in [0.15, 0.2) is 18.2 Å². The van der Waals surface area contributed by atoms with E-state index in [0.29, 0.717) is 29.0 Å². The molecule has 0 radical (unpaired) electrons. The number of nitrogens with zero attached hydrogens (tertiary/aromatic N) is 1. The van der Waals surface area contributed by atoms with Gasteiger partial charge in [-0.1, -0.05) is 37.8 Å². The smallest absolute Gasteiger partial charge is 0.238 e. The van der Waals surface area contributed by atoms with Crippen LogP contribution in [0.5, 0.6) is 0 Å². The summed E-state index contributed by atoms with van der Waals surface area (Å²) in [6.07, 6.45) is 6.26. The Morgan fingerprint density at radius 3 is 2.71 bits per heavy atom. The van der Waals surface area contributed by atoms with Crippen LogP contribution in [0.3, 0.4) is 0 Å². The minimum absolute atomic E-state index is 0.0172. The van der Waals surface area contributed by atoms with Crippen LogP contribution in [0.2, 0.25) is 5.02 Å². The predicted octanol–water partition coefficient (Wildman–Crippen LogP) is 3.52. The maximum Gasteiger partial charge on any atom is 0.238 e. The van der Waals surface area contributed by atoms with Crippen molar-refractivity contribution in [2.45, 2.75) is 45.1 Å². The number of nitrogens with one attached hydrogen (secondary N) is 1. The molecule has 0 saturated heterocycles. The standard InChI is InChI=1S/C16H24ClN3O/c1-2-20(13-6-4-3-5-7-13)11-16(21)19-15-9-8-12(17)10-14(15)18/h8-10,13H,2-7,11,18H2,1H3,(H,19,21). The molecule has 0 spiro atoms. The van der Waals surface area contributed by atoms with Crippen molar-refractivity contribution < 1.29 is 4.79 Å². The summed E-state index contributed by atoms with van der Waals surface area (Å²) >= 11 is 5.86. The molecule has 1 amide bonds. The number of carbonyl (C=O) groups excluding carboxylic acids is 1. The van der Waals surface area contributed by atoms with E-state index < -0.39 is 0 Å². The highest BCUT2D eigenvalue weighted by Crippen LogP contribution is 2.24. The van der Waals surface area contributed by atoms with Crippen LogP contribution >= 0.6 is 11.6 Å². The second-order valence-electron chi connectivity index (χ2n) is 5.63. The lowest BCUT2D eigenvalue weighted by Gasteiger charge is -2.32. The van der Waals surface area contributed by atoms with Gasteiger partial charge in [-0.2, -0.15) is 0 Å². The van der Waals surface area contributed by atoms with Crippen molar-refractivity contribution in [3.8, 4) is 0 Å². The molecule has 21 heavy (non-hydrogen) atoms. The van der Waals surface area contributed by atoms with Gasteiger partial charge in [-0.25, -0.2) is 0 Å². The van der Waals surface area contributed by atoms with Crippen molar-refractivity contribution >= 4 is 28.9 Å². The number of amides is 1. The highest BCUT2D eigenvalue weighted by molar-refractivity contribution is 6.31. The number of hydrogen-bond acceptors (Lipinski definition) is 3. The van der Waals surface area contributed by atoms with Gasteiger partial charge in [-0.15, -0.1) is 0 Å². The van der Waals surface area contributed by atoms with E-state index in [-0.39, 0.29) is 5.91 Å². The second-order valence-corrected chi connectivity index (χ2v) is 6.07. The number of anilines is 2. The summed E-state index contributed by atoms with van der Waals surface area (Å²) in [5.74, 6) is -0.0172. The van der Waals surface area contributed by atoms with E-state index in [9.17, 15) is 4.79 Å². The SMILES string of the molecule is CCN(CC(=O)Nc1ccc(Cl)cc1N)C1CCCCC1. The van der Waals surface area contributed by atoms with Gasteiger partial charge in [0.25, 0.3) is 0 Å². The first-order valence-corrected chi connectivity index (χ1v) is 8.07. The Kier molecular flexibility index (Phi) is 5.88. The molecule has 0 aromatic heterocycles. The Morgan fingerprint density at radius 1 is 1.38 bits per heavy atom. The van der Waals surface area contributed by atoms with E-state index in [1.54, 1.807) is 18.2 Å². The van der Waals surface area contributed by atoms with Gasteiger partial charge in [-0.05, 0) is 37.6 Å². The van der Waals surface area contributed by atoms with Gasteiger partial charge in [0.1, 0.15) is 0 Å². The van der Waals surface area contributed by atoms with Crippen molar-refractivity contribution in [3.05, 3.63) is 23.2 Å². The summed E-state index contributed by atoms with van der Waals surface area (Å²) in [4.78, 5) is 14.5. The summed E-state index contributed by atoms with van der Waals surface area (Å²) < 4.78 is 0. The van der Waals surface area contributed by atoms with Crippen molar-refractivity contribution in [3.63, 3.8) is 0 Å². The second kappa shape index (κ2) is 7.66. The van der Waals surface area contributed by atoms with E-state index in [1.165, 1.54) is 32.1 Å². The molecule has 1 fully saturated rings. The first-order valence-electron chi connectivity index (χ1n) is 7.69. The normalized spacial score (nSPS) is 16.1. The Balaban J connectivity index is 1.92. The van der Waals surface area contributed by atoms with Crippen molar-refractivity contribution in [2.75, 3.05) is 24.1 Å². The molecule has 1 aromatic rings. The summed E-state index contributed by atoms with van der Waals surface area (Å²) in [7, 11) is 0. The Labute approximate surface area is 131 Å². The first kappa shape index (κ1) is 16.1. The number of likely N-dealkylation sites (N-methyl/N-ethyl adjacent to an activating group) is 1. The third kappa shape index (κ3) is 4.61. The van der Waals surface area contributed by atoms with Gasteiger partial charge in [0.2, 0.25) is 5.91 Å². The molecule has 0 aliphatic heterocycles. The number of benzene rings is 1. The number of nitrogen functional groups attached to an aromatic ring is 1. The molecule has 0 unspecified atom stereocenters. The van der Waals surface area contributed by atoms with Crippen LogP contribution in [-0.2, 0) is 4.79 Å². The quantitative estimate of drug-likeness (QED) is 0.818. The Hall–Kier alpha value is -1.26. The molecule has 116 valence electrons. The van der Waals surface area contributed by atoms with Gasteiger partial charge in [0.15, 0.2) is 0 Å². The molecular weight excluding hydrogens is 286 g/mol.